The predicted molar refractivity (Wildman–Crippen MR) is 83.6 cm³/mol. The van der Waals surface area contributed by atoms with Crippen LogP contribution >= 0.6 is 0 Å². The van der Waals surface area contributed by atoms with E-state index in [0.29, 0.717) is 13.1 Å². The first-order valence-electron chi connectivity index (χ1n) is 7.08. The molecule has 0 saturated carbocycles. The molecule has 2 rings (SSSR count). The number of hydrogen-bond acceptors (Lipinski definition) is 3. The standard InChI is InChI=1S/C17H19N3O2/c1-20(13-14-6-3-2-4-7-14)17(22)10-16(21)19-12-15-8-5-9-18-11-15/h2-9,11H,10,12-13H2,1H3,(H,19,21). The second-order valence-electron chi connectivity index (χ2n) is 5.05. The molecule has 0 radical (unpaired) electrons. The number of pyridine rings is 1. The molecule has 5 heteroatoms. The topological polar surface area (TPSA) is 62.3 Å². The first-order valence-corrected chi connectivity index (χ1v) is 7.08. The maximum Gasteiger partial charge on any atom is 0.232 e. The molecule has 5 nitrogen and oxygen atoms in total. The highest BCUT2D eigenvalue weighted by atomic mass is 16.2. The van der Waals surface area contributed by atoms with Crippen molar-refractivity contribution in [2.45, 2.75) is 19.5 Å². The number of nitrogens with zero attached hydrogens (tertiary/aromatic N) is 2. The molecule has 1 aromatic heterocycles. The second-order valence-corrected chi connectivity index (χ2v) is 5.05. The van der Waals surface area contributed by atoms with Crippen LogP contribution in [-0.4, -0.2) is 28.7 Å². The van der Waals surface area contributed by atoms with Gasteiger partial charge in [0.1, 0.15) is 6.42 Å². The summed E-state index contributed by atoms with van der Waals surface area (Å²) in [6.45, 7) is 0.873. The number of aromatic nitrogens is 1. The van der Waals surface area contributed by atoms with E-state index in [1.807, 2.05) is 36.4 Å². The van der Waals surface area contributed by atoms with Gasteiger partial charge in [0, 0.05) is 32.5 Å². The molecule has 0 aliphatic heterocycles. The van der Waals surface area contributed by atoms with Gasteiger partial charge in [-0.2, -0.15) is 0 Å². The van der Waals surface area contributed by atoms with Crippen molar-refractivity contribution in [1.29, 1.82) is 0 Å². The molecule has 0 aliphatic carbocycles. The highest BCUT2D eigenvalue weighted by molar-refractivity contribution is 5.96. The Morgan fingerprint density at radius 1 is 1.09 bits per heavy atom. The minimum atomic E-state index is -0.284. The van der Waals surface area contributed by atoms with E-state index in [0.717, 1.165) is 11.1 Å². The average Bonchev–Trinajstić information content (AvgIpc) is 2.55. The first-order chi connectivity index (χ1) is 10.6. The largest absolute Gasteiger partial charge is 0.352 e. The van der Waals surface area contributed by atoms with Crippen LogP contribution in [-0.2, 0) is 22.7 Å². The molecule has 1 aromatic carbocycles. The SMILES string of the molecule is CN(Cc1ccccc1)C(=O)CC(=O)NCc1cccnc1. The summed E-state index contributed by atoms with van der Waals surface area (Å²) in [6, 6.07) is 13.4. The highest BCUT2D eigenvalue weighted by Gasteiger charge is 2.14. The van der Waals surface area contributed by atoms with Gasteiger partial charge in [0.05, 0.1) is 0 Å². The Hall–Kier alpha value is -2.69. The number of carbonyl (C=O) groups excluding carboxylic acids is 2. The summed E-state index contributed by atoms with van der Waals surface area (Å²) in [5.74, 6) is -0.485. The zero-order valence-corrected chi connectivity index (χ0v) is 12.5. The second kappa shape index (κ2) is 7.93. The van der Waals surface area contributed by atoms with Gasteiger partial charge >= 0.3 is 0 Å². The van der Waals surface area contributed by atoms with Gasteiger partial charge in [-0.15, -0.1) is 0 Å². The van der Waals surface area contributed by atoms with Gasteiger partial charge in [-0.25, -0.2) is 0 Å². The zero-order chi connectivity index (χ0) is 15.8. The fourth-order valence-electron chi connectivity index (χ4n) is 1.98. The molecule has 1 heterocycles. The van der Waals surface area contributed by atoms with Crippen molar-refractivity contribution in [3.63, 3.8) is 0 Å². The van der Waals surface area contributed by atoms with Crippen molar-refractivity contribution in [2.75, 3.05) is 7.05 Å². The summed E-state index contributed by atoms with van der Waals surface area (Å²) in [7, 11) is 1.70. The Bertz CT molecular complexity index is 614. The smallest absolute Gasteiger partial charge is 0.232 e. The van der Waals surface area contributed by atoms with Gasteiger partial charge in [0.25, 0.3) is 0 Å². The fraction of sp³-hybridized carbons (Fsp3) is 0.235. The van der Waals surface area contributed by atoms with Crippen molar-refractivity contribution in [2.24, 2.45) is 0 Å². The molecule has 0 aliphatic rings. The van der Waals surface area contributed by atoms with Gasteiger partial charge in [-0.3, -0.25) is 14.6 Å². The lowest BCUT2D eigenvalue weighted by Gasteiger charge is -2.17. The fourth-order valence-corrected chi connectivity index (χ4v) is 1.98. The number of hydrogen-bond donors (Lipinski definition) is 1. The van der Waals surface area contributed by atoms with Crippen molar-refractivity contribution < 1.29 is 9.59 Å². The molecular weight excluding hydrogens is 278 g/mol. The quantitative estimate of drug-likeness (QED) is 0.826. The van der Waals surface area contributed by atoms with Gasteiger partial charge in [-0.1, -0.05) is 36.4 Å². The van der Waals surface area contributed by atoms with Crippen LogP contribution in [0.25, 0.3) is 0 Å². The van der Waals surface area contributed by atoms with Crippen molar-refractivity contribution in [1.82, 2.24) is 15.2 Å². The molecule has 22 heavy (non-hydrogen) atoms. The van der Waals surface area contributed by atoms with Crippen molar-refractivity contribution in [3.05, 3.63) is 66.0 Å². The van der Waals surface area contributed by atoms with Gasteiger partial charge in [0.2, 0.25) is 11.8 Å². The van der Waals surface area contributed by atoms with Gasteiger partial charge in [-0.05, 0) is 17.2 Å². The van der Waals surface area contributed by atoms with Crippen molar-refractivity contribution in [3.8, 4) is 0 Å². The van der Waals surface area contributed by atoms with Crippen LogP contribution in [0.4, 0.5) is 0 Å². The van der Waals surface area contributed by atoms with Crippen LogP contribution in [0.2, 0.25) is 0 Å². The number of benzene rings is 1. The Labute approximate surface area is 130 Å². The molecule has 1 N–H and O–H groups in total. The van der Waals surface area contributed by atoms with E-state index >= 15 is 0 Å². The lowest BCUT2D eigenvalue weighted by atomic mass is 10.2. The van der Waals surface area contributed by atoms with E-state index in [4.69, 9.17) is 0 Å². The third kappa shape index (κ3) is 5.01. The molecule has 2 amide bonds. The molecule has 0 fully saturated rings. The maximum atomic E-state index is 12.0. The van der Waals surface area contributed by atoms with E-state index in [-0.39, 0.29) is 18.2 Å². The summed E-state index contributed by atoms with van der Waals surface area (Å²) in [6.07, 6.45) is 3.21. The first kappa shape index (κ1) is 15.7. The number of carbonyl (C=O) groups is 2. The van der Waals surface area contributed by atoms with Gasteiger partial charge < -0.3 is 10.2 Å². The van der Waals surface area contributed by atoms with E-state index in [9.17, 15) is 9.59 Å². The van der Waals surface area contributed by atoms with Crippen LogP contribution < -0.4 is 5.32 Å². The third-order valence-corrected chi connectivity index (χ3v) is 3.21. The minimum absolute atomic E-state index is 0.149. The summed E-state index contributed by atoms with van der Waals surface area (Å²) < 4.78 is 0. The molecule has 0 spiro atoms. The molecule has 0 saturated heterocycles. The normalized spacial score (nSPS) is 10.0. The highest BCUT2D eigenvalue weighted by Crippen LogP contribution is 2.04. The van der Waals surface area contributed by atoms with Crippen LogP contribution in [0.5, 0.6) is 0 Å². The Kier molecular flexibility index (Phi) is 5.65. The zero-order valence-electron chi connectivity index (χ0n) is 12.5. The molecule has 0 unspecified atom stereocenters. The van der Waals surface area contributed by atoms with Crippen LogP contribution in [0.1, 0.15) is 17.5 Å². The average molecular weight is 297 g/mol. The predicted octanol–water partition coefficient (Wildman–Crippen LogP) is 1.75. The van der Waals surface area contributed by atoms with E-state index in [2.05, 4.69) is 10.3 Å². The Morgan fingerprint density at radius 2 is 1.82 bits per heavy atom. The molecule has 114 valence electrons. The van der Waals surface area contributed by atoms with Crippen LogP contribution in [0.3, 0.4) is 0 Å². The van der Waals surface area contributed by atoms with E-state index < -0.39 is 0 Å². The molecular formula is C17H19N3O2. The van der Waals surface area contributed by atoms with Crippen molar-refractivity contribution >= 4 is 11.8 Å². The van der Waals surface area contributed by atoms with E-state index in [1.165, 1.54) is 0 Å². The lowest BCUT2D eigenvalue weighted by molar-refractivity contribution is -0.135. The Balaban J connectivity index is 1.77. The minimum Gasteiger partial charge on any atom is -0.352 e. The molecule has 0 bridgehead atoms. The summed E-state index contributed by atoms with van der Waals surface area (Å²) in [4.78, 5) is 29.4. The van der Waals surface area contributed by atoms with Crippen LogP contribution in [0.15, 0.2) is 54.9 Å². The number of nitrogens with one attached hydrogen (secondary N) is 1. The number of amides is 2. The van der Waals surface area contributed by atoms with Crippen LogP contribution in [0, 0.1) is 0 Å². The maximum absolute atomic E-state index is 12.0. The lowest BCUT2D eigenvalue weighted by Crippen LogP contribution is -2.32. The number of rotatable bonds is 6. The molecule has 0 atom stereocenters. The summed E-state index contributed by atoms with van der Waals surface area (Å²) >= 11 is 0. The third-order valence-electron chi connectivity index (χ3n) is 3.21. The summed E-state index contributed by atoms with van der Waals surface area (Å²) in [5, 5.41) is 2.72. The van der Waals surface area contributed by atoms with E-state index in [1.54, 1.807) is 30.4 Å². The Morgan fingerprint density at radius 3 is 2.50 bits per heavy atom. The molecule has 2 aromatic rings. The summed E-state index contributed by atoms with van der Waals surface area (Å²) in [5.41, 5.74) is 1.94. The monoisotopic (exact) mass is 297 g/mol. The van der Waals surface area contributed by atoms with Gasteiger partial charge in [0.15, 0.2) is 0 Å².